The minimum absolute atomic E-state index is 0.00843. The van der Waals surface area contributed by atoms with E-state index in [1.165, 1.54) is 0 Å². The normalized spacial score (nSPS) is 40.3. The van der Waals surface area contributed by atoms with Crippen molar-refractivity contribution in [1.29, 1.82) is 0 Å². The molecular formula is C25H39NO3. The van der Waals surface area contributed by atoms with E-state index in [1.807, 2.05) is 13.8 Å². The van der Waals surface area contributed by atoms with Crippen LogP contribution in [0.1, 0.15) is 79.6 Å². The second-order valence-electron chi connectivity index (χ2n) is 10.8. The molecule has 29 heavy (non-hydrogen) atoms. The second-order valence-corrected chi connectivity index (χ2v) is 10.8. The minimum Gasteiger partial charge on any atom is -0.480 e. The molecule has 0 radical (unpaired) electrons. The van der Waals surface area contributed by atoms with Crippen molar-refractivity contribution in [3.8, 4) is 0 Å². The minimum atomic E-state index is -0.948. The van der Waals surface area contributed by atoms with Gasteiger partial charge in [0, 0.05) is 0 Å². The average molecular weight is 402 g/mol. The number of amides is 1. The molecule has 2 N–H and O–H groups in total. The fourth-order valence-corrected chi connectivity index (χ4v) is 6.85. The summed E-state index contributed by atoms with van der Waals surface area (Å²) in [5.74, 6) is -0.394. The van der Waals surface area contributed by atoms with Crippen molar-refractivity contribution in [2.24, 2.45) is 34.0 Å². The third-order valence-corrected chi connectivity index (χ3v) is 8.76. The van der Waals surface area contributed by atoms with Gasteiger partial charge in [0.15, 0.2) is 0 Å². The molecule has 0 aromatic heterocycles. The molecule has 0 aromatic rings. The highest BCUT2D eigenvalue weighted by Crippen LogP contribution is 2.65. The van der Waals surface area contributed by atoms with E-state index >= 15 is 0 Å². The highest BCUT2D eigenvalue weighted by atomic mass is 16.4. The van der Waals surface area contributed by atoms with Gasteiger partial charge in [-0.15, -0.1) is 6.58 Å². The van der Waals surface area contributed by atoms with E-state index in [2.05, 4.69) is 44.8 Å². The molecule has 2 fully saturated rings. The van der Waals surface area contributed by atoms with Crippen LogP contribution in [0.5, 0.6) is 0 Å². The van der Waals surface area contributed by atoms with Gasteiger partial charge in [0.05, 0.1) is 5.41 Å². The van der Waals surface area contributed by atoms with E-state index in [9.17, 15) is 14.7 Å². The Hall–Kier alpha value is -1.58. The lowest BCUT2D eigenvalue weighted by molar-refractivity contribution is -0.150. The van der Waals surface area contributed by atoms with Crippen LogP contribution in [0.3, 0.4) is 0 Å². The maximum absolute atomic E-state index is 13.5. The van der Waals surface area contributed by atoms with Gasteiger partial charge in [-0.2, -0.15) is 0 Å². The SMILES string of the molecule is C=C[C@@]1(C)CCC=C2[C@H]1CC[C@@H]1[C@](C)(C(=O)N[C@H](C(=O)O)C(C)C)CCC[C@@]21C. The summed E-state index contributed by atoms with van der Waals surface area (Å²) in [6.07, 6.45) is 11.9. The molecule has 4 nitrogen and oxygen atoms in total. The quantitative estimate of drug-likeness (QED) is 0.611. The fourth-order valence-electron chi connectivity index (χ4n) is 6.85. The van der Waals surface area contributed by atoms with Crippen molar-refractivity contribution in [3.63, 3.8) is 0 Å². The summed E-state index contributed by atoms with van der Waals surface area (Å²) >= 11 is 0. The largest absolute Gasteiger partial charge is 0.480 e. The van der Waals surface area contributed by atoms with Gasteiger partial charge in [-0.05, 0) is 67.1 Å². The van der Waals surface area contributed by atoms with Crippen LogP contribution in [0.4, 0.5) is 0 Å². The molecule has 162 valence electrons. The number of carboxylic acids is 1. The van der Waals surface area contributed by atoms with Gasteiger partial charge < -0.3 is 10.4 Å². The number of hydrogen-bond donors (Lipinski definition) is 2. The van der Waals surface area contributed by atoms with E-state index in [0.717, 1.165) is 44.9 Å². The molecular weight excluding hydrogens is 362 g/mol. The number of rotatable bonds is 5. The molecule has 3 aliphatic carbocycles. The van der Waals surface area contributed by atoms with Gasteiger partial charge in [-0.3, -0.25) is 4.79 Å². The molecule has 2 saturated carbocycles. The van der Waals surface area contributed by atoms with E-state index in [1.54, 1.807) is 5.57 Å². The molecule has 3 aliphatic rings. The van der Waals surface area contributed by atoms with E-state index in [-0.39, 0.29) is 28.6 Å². The first-order valence-corrected chi connectivity index (χ1v) is 11.4. The van der Waals surface area contributed by atoms with Gasteiger partial charge >= 0.3 is 5.97 Å². The van der Waals surface area contributed by atoms with Gasteiger partial charge in [-0.1, -0.05) is 58.8 Å². The van der Waals surface area contributed by atoms with Crippen LogP contribution >= 0.6 is 0 Å². The fraction of sp³-hybridized carbons (Fsp3) is 0.760. The number of aliphatic carboxylic acids is 1. The van der Waals surface area contributed by atoms with Crippen molar-refractivity contribution < 1.29 is 14.7 Å². The third-order valence-electron chi connectivity index (χ3n) is 8.76. The standard InChI is InChI=1S/C25H39NO3/c1-7-23(4)13-8-10-18-17(23)11-12-19-24(18,5)14-9-15-25(19,6)22(29)26-20(16(2)3)21(27)28/h7,10,16-17,19-20H,1,8-9,11-15H2,2-6H3,(H,26,29)(H,27,28)/t17-,19+,20+,23+,24+,25-/m1/s1. The van der Waals surface area contributed by atoms with Gasteiger partial charge in [-0.25, -0.2) is 4.79 Å². The molecule has 0 aromatic carbocycles. The lowest BCUT2D eigenvalue weighted by atomic mass is 9.44. The zero-order chi connectivity index (χ0) is 21.6. The summed E-state index contributed by atoms with van der Waals surface area (Å²) < 4.78 is 0. The summed E-state index contributed by atoms with van der Waals surface area (Å²) in [5, 5.41) is 12.5. The number of nitrogens with one attached hydrogen (secondary N) is 1. The zero-order valence-corrected chi connectivity index (χ0v) is 18.9. The number of fused-ring (bicyclic) bond motifs is 3. The predicted molar refractivity (Wildman–Crippen MR) is 116 cm³/mol. The zero-order valence-electron chi connectivity index (χ0n) is 18.9. The summed E-state index contributed by atoms with van der Waals surface area (Å²) in [4.78, 5) is 25.1. The average Bonchev–Trinajstić information content (AvgIpc) is 2.65. The number of carbonyl (C=O) groups is 2. The van der Waals surface area contributed by atoms with Crippen LogP contribution in [0.15, 0.2) is 24.3 Å². The van der Waals surface area contributed by atoms with Gasteiger partial charge in [0.25, 0.3) is 0 Å². The summed E-state index contributed by atoms with van der Waals surface area (Å²) in [7, 11) is 0. The lowest BCUT2D eigenvalue weighted by Crippen LogP contribution is -2.58. The maximum atomic E-state index is 13.5. The molecule has 1 amide bonds. The first kappa shape index (κ1) is 22.1. The molecule has 0 spiro atoms. The smallest absolute Gasteiger partial charge is 0.326 e. The first-order valence-electron chi connectivity index (χ1n) is 11.4. The number of hydrogen-bond acceptors (Lipinski definition) is 2. The Kier molecular flexibility index (Phi) is 5.79. The van der Waals surface area contributed by atoms with Crippen LogP contribution in [0.2, 0.25) is 0 Å². The lowest BCUT2D eigenvalue weighted by Gasteiger charge is -2.60. The Bertz CT molecular complexity index is 726. The van der Waals surface area contributed by atoms with E-state index in [0.29, 0.717) is 5.92 Å². The Labute approximate surface area is 176 Å². The third kappa shape index (κ3) is 3.47. The van der Waals surface area contributed by atoms with Crippen LogP contribution in [0.25, 0.3) is 0 Å². The van der Waals surface area contributed by atoms with E-state index < -0.39 is 17.4 Å². The monoisotopic (exact) mass is 401 g/mol. The van der Waals surface area contributed by atoms with E-state index in [4.69, 9.17) is 0 Å². The van der Waals surface area contributed by atoms with Crippen molar-refractivity contribution in [3.05, 3.63) is 24.3 Å². The number of allylic oxidation sites excluding steroid dienone is 3. The first-order chi connectivity index (χ1) is 13.5. The molecule has 0 heterocycles. The topological polar surface area (TPSA) is 66.4 Å². The van der Waals surface area contributed by atoms with Crippen molar-refractivity contribution >= 4 is 11.9 Å². The van der Waals surface area contributed by atoms with Crippen LogP contribution in [0, 0.1) is 34.0 Å². The van der Waals surface area contributed by atoms with Crippen molar-refractivity contribution in [2.75, 3.05) is 0 Å². The van der Waals surface area contributed by atoms with Crippen LogP contribution in [-0.4, -0.2) is 23.0 Å². The highest BCUT2D eigenvalue weighted by Gasteiger charge is 2.59. The maximum Gasteiger partial charge on any atom is 0.326 e. The molecule has 0 unspecified atom stereocenters. The summed E-state index contributed by atoms with van der Waals surface area (Å²) in [6, 6.07) is -0.832. The molecule has 6 atom stereocenters. The molecule has 0 aliphatic heterocycles. The molecule has 3 rings (SSSR count). The van der Waals surface area contributed by atoms with Gasteiger partial charge in [0.2, 0.25) is 5.91 Å². The Balaban J connectivity index is 1.93. The number of carboxylic acid groups (broad SMARTS) is 1. The molecule has 4 heteroatoms. The van der Waals surface area contributed by atoms with Crippen LogP contribution < -0.4 is 5.32 Å². The Morgan fingerprint density at radius 3 is 2.48 bits per heavy atom. The highest BCUT2D eigenvalue weighted by molar-refractivity contribution is 5.88. The Morgan fingerprint density at radius 1 is 1.21 bits per heavy atom. The van der Waals surface area contributed by atoms with Gasteiger partial charge in [0.1, 0.15) is 6.04 Å². The summed E-state index contributed by atoms with van der Waals surface area (Å²) in [5.41, 5.74) is 1.16. The summed E-state index contributed by atoms with van der Waals surface area (Å²) in [6.45, 7) is 14.6. The molecule has 0 bridgehead atoms. The van der Waals surface area contributed by atoms with Crippen molar-refractivity contribution in [2.45, 2.75) is 85.6 Å². The predicted octanol–water partition coefficient (Wildman–Crippen LogP) is 5.35. The van der Waals surface area contributed by atoms with Crippen molar-refractivity contribution in [1.82, 2.24) is 5.32 Å². The van der Waals surface area contributed by atoms with Crippen LogP contribution in [-0.2, 0) is 9.59 Å². The second kappa shape index (κ2) is 7.59. The number of carbonyl (C=O) groups excluding carboxylic acids is 1. The Morgan fingerprint density at radius 2 is 1.90 bits per heavy atom. The molecule has 0 saturated heterocycles.